The number of alkyl halides is 4. The third kappa shape index (κ3) is 9.25. The van der Waals surface area contributed by atoms with E-state index in [-0.39, 0.29) is 5.91 Å². The Morgan fingerprint density at radius 3 is 1.96 bits per heavy atom. The van der Waals surface area contributed by atoms with Gasteiger partial charge in [0.1, 0.15) is 0 Å². The summed E-state index contributed by atoms with van der Waals surface area (Å²) in [4.78, 5) is 11.4. The van der Waals surface area contributed by atoms with Crippen LogP contribution in [0.3, 0.4) is 0 Å². The molecule has 0 spiro atoms. The van der Waals surface area contributed by atoms with Gasteiger partial charge in [-0.05, 0) is 23.9 Å². The van der Waals surface area contributed by atoms with Crippen molar-refractivity contribution in [3.63, 3.8) is 0 Å². The summed E-state index contributed by atoms with van der Waals surface area (Å²) >= 11 is 30.3. The largest absolute Gasteiger partial charge is 0.350 e. The number of nitrogens with one attached hydrogen (secondary N) is 1. The van der Waals surface area contributed by atoms with Gasteiger partial charge in [-0.3, -0.25) is 4.79 Å². The second kappa shape index (κ2) is 12.8. The van der Waals surface area contributed by atoms with Gasteiger partial charge in [0, 0.05) is 12.3 Å². The number of hydrogen-bond acceptors (Lipinski definition) is 1. The van der Waals surface area contributed by atoms with Gasteiger partial charge in [-0.25, -0.2) is 0 Å². The molecule has 24 heavy (non-hydrogen) atoms. The quantitative estimate of drug-likeness (QED) is 0.209. The van der Waals surface area contributed by atoms with E-state index in [1.54, 1.807) is 0 Å². The average molecular weight is 438 g/mol. The molecule has 0 saturated carbocycles. The van der Waals surface area contributed by atoms with Crippen molar-refractivity contribution in [2.45, 2.75) is 86.3 Å². The number of unbranched alkanes of at least 4 members (excludes halogenated alkanes) is 7. The van der Waals surface area contributed by atoms with Gasteiger partial charge in [0.25, 0.3) is 0 Å². The first-order valence-electron chi connectivity index (χ1n) is 8.34. The molecule has 0 bridgehead atoms. The van der Waals surface area contributed by atoms with Gasteiger partial charge < -0.3 is 5.32 Å². The summed E-state index contributed by atoms with van der Waals surface area (Å²) in [6.45, 7) is 3.59. The zero-order chi connectivity index (χ0) is 18.6. The molecule has 0 saturated heterocycles. The molecular formula is C17H26Cl5NO. The van der Waals surface area contributed by atoms with E-state index in [2.05, 4.69) is 23.5 Å². The predicted octanol–water partition coefficient (Wildman–Crippen LogP) is 6.57. The van der Waals surface area contributed by atoms with Gasteiger partial charge in [-0.1, -0.05) is 105 Å². The minimum absolute atomic E-state index is 0.256. The maximum Gasteiger partial charge on any atom is 0.217 e. The summed E-state index contributed by atoms with van der Waals surface area (Å²) in [5, 5.41) is 4.82. The topological polar surface area (TPSA) is 29.1 Å². The van der Waals surface area contributed by atoms with Crippen molar-refractivity contribution in [3.05, 3.63) is 0 Å². The summed E-state index contributed by atoms with van der Waals surface area (Å²) in [6, 6.07) is -0.619. The lowest BCUT2D eigenvalue weighted by Gasteiger charge is -2.36. The van der Waals surface area contributed by atoms with Crippen molar-refractivity contribution in [3.8, 4) is 11.3 Å². The Bertz CT molecular complexity index is 428. The third-order valence-electron chi connectivity index (χ3n) is 3.78. The van der Waals surface area contributed by atoms with E-state index < -0.39 is 14.7 Å². The van der Waals surface area contributed by atoms with Gasteiger partial charge in [-0.15, -0.1) is 0 Å². The molecule has 1 N–H and O–H groups in total. The predicted molar refractivity (Wildman–Crippen MR) is 107 cm³/mol. The van der Waals surface area contributed by atoms with Gasteiger partial charge in [0.15, 0.2) is 4.33 Å². The first-order valence-corrected chi connectivity index (χ1v) is 10.2. The standard InChI is InChI=1S/C17H26Cl5NO/c1-3-4-5-6-7-8-9-10-11-15(23-14(2)24)17(21,22)16(19,20)12-13-18/h15H,3-11H2,1-2H3,(H,23,24). The minimum atomic E-state index is -1.79. The highest BCUT2D eigenvalue weighted by Crippen LogP contribution is 2.46. The highest BCUT2D eigenvalue weighted by atomic mass is 35.5. The molecule has 1 amide bonds. The molecule has 0 aromatic carbocycles. The molecule has 0 aliphatic carbocycles. The number of halogens is 5. The van der Waals surface area contributed by atoms with Crippen molar-refractivity contribution < 1.29 is 4.79 Å². The molecule has 2 nitrogen and oxygen atoms in total. The Balaban J connectivity index is 4.51. The summed E-state index contributed by atoms with van der Waals surface area (Å²) in [6.07, 6.45) is 9.89. The van der Waals surface area contributed by atoms with Crippen LogP contribution in [0, 0.1) is 11.3 Å². The molecule has 0 aliphatic rings. The molecule has 0 aliphatic heterocycles. The summed E-state index contributed by atoms with van der Waals surface area (Å²) < 4.78 is -3.46. The number of rotatable bonds is 12. The lowest BCUT2D eigenvalue weighted by molar-refractivity contribution is -0.119. The van der Waals surface area contributed by atoms with Crippen molar-refractivity contribution in [1.29, 1.82) is 0 Å². The number of carbonyl (C=O) groups is 1. The van der Waals surface area contributed by atoms with Gasteiger partial charge >= 0.3 is 0 Å². The van der Waals surface area contributed by atoms with E-state index in [4.69, 9.17) is 58.0 Å². The maximum atomic E-state index is 11.4. The molecule has 0 aromatic heterocycles. The van der Waals surface area contributed by atoms with Crippen LogP contribution in [0.4, 0.5) is 0 Å². The molecule has 0 aromatic rings. The monoisotopic (exact) mass is 435 g/mol. The fourth-order valence-electron chi connectivity index (χ4n) is 2.43. The minimum Gasteiger partial charge on any atom is -0.350 e. The van der Waals surface area contributed by atoms with Crippen LogP contribution < -0.4 is 5.32 Å². The lowest BCUT2D eigenvalue weighted by Crippen LogP contribution is -2.53. The SMILES string of the molecule is CCCCCCCCCCC(NC(C)=O)C(Cl)(Cl)C(Cl)(Cl)C#CCl. The zero-order valence-corrected chi connectivity index (χ0v) is 18.0. The third-order valence-corrected chi connectivity index (χ3v) is 6.14. The number of amides is 1. The summed E-state index contributed by atoms with van der Waals surface area (Å²) in [7, 11) is 0. The highest BCUT2D eigenvalue weighted by Gasteiger charge is 2.52. The smallest absolute Gasteiger partial charge is 0.217 e. The molecule has 0 fully saturated rings. The van der Waals surface area contributed by atoms with Crippen LogP contribution in [0.1, 0.15) is 71.6 Å². The van der Waals surface area contributed by atoms with E-state index in [9.17, 15) is 4.79 Å². The Morgan fingerprint density at radius 1 is 1.00 bits per heavy atom. The average Bonchev–Trinajstić information content (AvgIpc) is 2.48. The van der Waals surface area contributed by atoms with Crippen molar-refractivity contribution in [2.24, 2.45) is 0 Å². The number of carbonyl (C=O) groups excluding carboxylic acids is 1. The summed E-state index contributed by atoms with van der Waals surface area (Å²) in [5.41, 5.74) is 0. The van der Waals surface area contributed by atoms with E-state index in [1.807, 2.05) is 0 Å². The van der Waals surface area contributed by atoms with Crippen molar-refractivity contribution in [1.82, 2.24) is 5.32 Å². The fraction of sp³-hybridized carbons (Fsp3) is 0.824. The van der Waals surface area contributed by atoms with Gasteiger partial charge in [0.2, 0.25) is 10.2 Å². The first kappa shape index (κ1) is 24.5. The van der Waals surface area contributed by atoms with Crippen LogP contribution in [0.25, 0.3) is 0 Å². The van der Waals surface area contributed by atoms with E-state index in [0.29, 0.717) is 6.42 Å². The molecule has 0 heterocycles. The van der Waals surface area contributed by atoms with Crippen LogP contribution in [-0.2, 0) is 4.79 Å². The Labute approximate surface area is 171 Å². The molecular weight excluding hydrogens is 411 g/mol. The lowest BCUT2D eigenvalue weighted by atomic mass is 10.0. The molecule has 0 rings (SSSR count). The number of hydrogen-bond donors (Lipinski definition) is 1. The van der Waals surface area contributed by atoms with Crippen molar-refractivity contribution >= 4 is 63.9 Å². The fourth-order valence-corrected chi connectivity index (χ4v) is 3.45. The Kier molecular flexibility index (Phi) is 13.0. The maximum absolute atomic E-state index is 11.4. The van der Waals surface area contributed by atoms with Crippen LogP contribution in [-0.4, -0.2) is 20.6 Å². The molecule has 1 atom stereocenters. The normalized spacial score (nSPS) is 13.1. The van der Waals surface area contributed by atoms with Gasteiger partial charge in [0.05, 0.1) is 6.04 Å². The second-order valence-electron chi connectivity index (χ2n) is 5.93. The molecule has 140 valence electrons. The van der Waals surface area contributed by atoms with E-state index in [0.717, 1.165) is 19.3 Å². The van der Waals surface area contributed by atoms with E-state index in [1.165, 1.54) is 39.0 Å². The Morgan fingerprint density at radius 2 is 1.50 bits per heavy atom. The van der Waals surface area contributed by atoms with Crippen LogP contribution in [0.15, 0.2) is 0 Å². The van der Waals surface area contributed by atoms with Crippen LogP contribution >= 0.6 is 58.0 Å². The Hall–Kier alpha value is 0.480. The molecule has 0 radical (unpaired) electrons. The highest BCUT2D eigenvalue weighted by molar-refractivity contribution is 6.64. The summed E-state index contributed by atoms with van der Waals surface area (Å²) in [5.74, 6) is 2.12. The van der Waals surface area contributed by atoms with Gasteiger partial charge in [-0.2, -0.15) is 0 Å². The second-order valence-corrected chi connectivity index (χ2v) is 8.84. The van der Waals surface area contributed by atoms with Crippen LogP contribution in [0.2, 0.25) is 0 Å². The zero-order valence-electron chi connectivity index (χ0n) is 14.2. The van der Waals surface area contributed by atoms with Crippen molar-refractivity contribution in [2.75, 3.05) is 0 Å². The van der Waals surface area contributed by atoms with Crippen LogP contribution in [0.5, 0.6) is 0 Å². The first-order chi connectivity index (χ1) is 11.2. The van der Waals surface area contributed by atoms with E-state index >= 15 is 0 Å². The molecule has 7 heteroatoms. The molecule has 1 unspecified atom stereocenters.